The van der Waals surface area contributed by atoms with Crippen molar-refractivity contribution in [2.24, 2.45) is 0 Å². The van der Waals surface area contributed by atoms with E-state index in [4.69, 9.17) is 0 Å². The Bertz CT molecular complexity index is 348. The Hall–Kier alpha value is -1.05. The average Bonchev–Trinajstić information content (AvgIpc) is 2.36. The molecule has 0 atom stereocenters. The maximum atomic E-state index is 11.0. The van der Waals surface area contributed by atoms with Gasteiger partial charge in [-0.2, -0.15) is 0 Å². The Kier molecular flexibility index (Phi) is 3.14. The predicted molar refractivity (Wildman–Crippen MR) is 59.1 cm³/mol. The molecule has 1 heterocycles. The van der Waals surface area contributed by atoms with Crippen molar-refractivity contribution >= 4 is 6.29 Å². The van der Waals surface area contributed by atoms with Gasteiger partial charge in [-0.25, -0.2) is 0 Å². The first kappa shape index (κ1) is 11.0. The van der Waals surface area contributed by atoms with Crippen LogP contribution >= 0.6 is 0 Å². The molecule has 2 heteroatoms. The molecule has 78 valence electrons. The second-order valence-electron chi connectivity index (χ2n) is 4.00. The maximum Gasteiger partial charge on any atom is 0.152 e. The van der Waals surface area contributed by atoms with Crippen LogP contribution in [-0.4, -0.2) is 10.9 Å². The molecular formula is C12H19NO. The lowest BCUT2D eigenvalue weighted by molar-refractivity contribution is 0.112. The molecule has 0 fully saturated rings. The van der Waals surface area contributed by atoms with Crippen molar-refractivity contribution in [1.29, 1.82) is 0 Å². The molecule has 0 saturated heterocycles. The van der Waals surface area contributed by atoms with Gasteiger partial charge in [0.15, 0.2) is 6.29 Å². The highest BCUT2D eigenvalue weighted by Gasteiger charge is 2.16. The number of nitrogens with zero attached hydrogens (tertiary/aromatic N) is 1. The molecule has 0 saturated carbocycles. The molecule has 0 unspecified atom stereocenters. The zero-order valence-electron chi connectivity index (χ0n) is 9.72. The number of aromatic nitrogens is 1. The van der Waals surface area contributed by atoms with Crippen molar-refractivity contribution in [3.63, 3.8) is 0 Å². The van der Waals surface area contributed by atoms with E-state index in [0.29, 0.717) is 6.04 Å². The van der Waals surface area contributed by atoms with Crippen LogP contribution in [0, 0.1) is 13.8 Å². The summed E-state index contributed by atoms with van der Waals surface area (Å²) in [6, 6.07) is 0.425. The van der Waals surface area contributed by atoms with Crippen molar-refractivity contribution in [3.8, 4) is 0 Å². The van der Waals surface area contributed by atoms with E-state index in [1.165, 1.54) is 11.3 Å². The predicted octanol–water partition coefficient (Wildman–Crippen LogP) is 3.06. The van der Waals surface area contributed by atoms with E-state index in [2.05, 4.69) is 32.3 Å². The molecule has 0 aliphatic carbocycles. The van der Waals surface area contributed by atoms with Crippen LogP contribution in [0.1, 0.15) is 54.1 Å². The van der Waals surface area contributed by atoms with Gasteiger partial charge in [0.2, 0.25) is 0 Å². The molecule has 0 aliphatic rings. The molecule has 1 aromatic rings. The molecule has 2 nitrogen and oxygen atoms in total. The lowest BCUT2D eigenvalue weighted by Crippen LogP contribution is -2.05. The molecule has 1 aromatic heterocycles. The van der Waals surface area contributed by atoms with Gasteiger partial charge in [0, 0.05) is 23.0 Å². The Labute approximate surface area is 85.9 Å². The Morgan fingerprint density at radius 3 is 2.14 bits per heavy atom. The number of carbonyl (C=O) groups is 1. The van der Waals surface area contributed by atoms with Crippen molar-refractivity contribution < 1.29 is 4.79 Å². The van der Waals surface area contributed by atoms with E-state index in [9.17, 15) is 4.79 Å². The van der Waals surface area contributed by atoms with Crippen LogP contribution in [-0.2, 0) is 6.42 Å². The van der Waals surface area contributed by atoms with Crippen molar-refractivity contribution in [2.75, 3.05) is 0 Å². The van der Waals surface area contributed by atoms with Crippen LogP contribution in [0.25, 0.3) is 0 Å². The first-order valence-electron chi connectivity index (χ1n) is 5.20. The van der Waals surface area contributed by atoms with Gasteiger partial charge in [-0.15, -0.1) is 0 Å². The Morgan fingerprint density at radius 2 is 1.86 bits per heavy atom. The van der Waals surface area contributed by atoms with E-state index in [1.807, 2.05) is 6.92 Å². The number of rotatable bonds is 3. The smallest absolute Gasteiger partial charge is 0.152 e. The normalized spacial score (nSPS) is 11.0. The summed E-state index contributed by atoms with van der Waals surface area (Å²) in [5.41, 5.74) is 4.43. The van der Waals surface area contributed by atoms with E-state index in [0.717, 1.165) is 24.0 Å². The molecule has 1 rings (SSSR count). The van der Waals surface area contributed by atoms with Gasteiger partial charge in [-0.05, 0) is 39.7 Å². The van der Waals surface area contributed by atoms with Gasteiger partial charge < -0.3 is 4.57 Å². The monoisotopic (exact) mass is 193 g/mol. The third kappa shape index (κ3) is 1.49. The van der Waals surface area contributed by atoms with Crippen molar-refractivity contribution in [1.82, 2.24) is 4.57 Å². The highest BCUT2D eigenvalue weighted by atomic mass is 16.1. The molecule has 0 aromatic carbocycles. The summed E-state index contributed by atoms with van der Waals surface area (Å²) in [6.07, 6.45) is 1.92. The van der Waals surface area contributed by atoms with Gasteiger partial charge in [-0.3, -0.25) is 4.79 Å². The Morgan fingerprint density at radius 1 is 1.29 bits per heavy atom. The fraction of sp³-hybridized carbons (Fsp3) is 0.583. The largest absolute Gasteiger partial charge is 0.346 e. The molecule has 14 heavy (non-hydrogen) atoms. The lowest BCUT2D eigenvalue weighted by Gasteiger charge is -2.13. The summed E-state index contributed by atoms with van der Waals surface area (Å²) in [5, 5.41) is 0. The third-order valence-corrected chi connectivity index (χ3v) is 2.86. The molecule has 0 radical (unpaired) electrons. The minimum absolute atomic E-state index is 0.425. The van der Waals surface area contributed by atoms with Crippen molar-refractivity contribution in [3.05, 3.63) is 22.5 Å². The highest BCUT2D eigenvalue weighted by Crippen LogP contribution is 2.24. The zero-order chi connectivity index (χ0) is 10.9. The van der Waals surface area contributed by atoms with E-state index in [1.54, 1.807) is 0 Å². The van der Waals surface area contributed by atoms with Crippen LogP contribution < -0.4 is 0 Å². The fourth-order valence-electron chi connectivity index (χ4n) is 2.32. The van der Waals surface area contributed by atoms with Gasteiger partial charge >= 0.3 is 0 Å². The van der Waals surface area contributed by atoms with E-state index >= 15 is 0 Å². The van der Waals surface area contributed by atoms with Crippen LogP contribution in [0.3, 0.4) is 0 Å². The van der Waals surface area contributed by atoms with E-state index < -0.39 is 0 Å². The molecule has 0 aliphatic heterocycles. The van der Waals surface area contributed by atoms with Crippen LogP contribution in [0.15, 0.2) is 0 Å². The van der Waals surface area contributed by atoms with Gasteiger partial charge in [0.05, 0.1) is 0 Å². The van der Waals surface area contributed by atoms with Crippen LogP contribution in [0.4, 0.5) is 0 Å². The number of hydrogen-bond donors (Lipinski definition) is 0. The quantitative estimate of drug-likeness (QED) is 0.676. The SMILES string of the molecule is CCc1c(C=O)c(C)n(C(C)C)c1C. The molecular weight excluding hydrogens is 174 g/mol. The second kappa shape index (κ2) is 3.99. The minimum Gasteiger partial charge on any atom is -0.346 e. The van der Waals surface area contributed by atoms with Gasteiger partial charge in [-0.1, -0.05) is 6.92 Å². The first-order valence-corrected chi connectivity index (χ1v) is 5.20. The van der Waals surface area contributed by atoms with E-state index in [-0.39, 0.29) is 0 Å². The number of hydrogen-bond acceptors (Lipinski definition) is 1. The number of carbonyl (C=O) groups excluding carboxylic acids is 1. The summed E-state index contributed by atoms with van der Waals surface area (Å²) in [5.74, 6) is 0. The van der Waals surface area contributed by atoms with Crippen LogP contribution in [0.2, 0.25) is 0 Å². The van der Waals surface area contributed by atoms with Gasteiger partial charge in [0.25, 0.3) is 0 Å². The van der Waals surface area contributed by atoms with Gasteiger partial charge in [0.1, 0.15) is 0 Å². The van der Waals surface area contributed by atoms with Crippen molar-refractivity contribution in [2.45, 2.75) is 47.1 Å². The fourth-order valence-corrected chi connectivity index (χ4v) is 2.32. The maximum absolute atomic E-state index is 11.0. The van der Waals surface area contributed by atoms with Crippen LogP contribution in [0.5, 0.6) is 0 Å². The third-order valence-electron chi connectivity index (χ3n) is 2.86. The standard InChI is InChI=1S/C12H19NO/c1-6-11-9(4)13(8(2)3)10(5)12(11)7-14/h7-8H,6H2,1-5H3. The highest BCUT2D eigenvalue weighted by molar-refractivity contribution is 5.80. The summed E-state index contributed by atoms with van der Waals surface area (Å²) >= 11 is 0. The minimum atomic E-state index is 0.425. The molecule has 0 bridgehead atoms. The zero-order valence-corrected chi connectivity index (χ0v) is 9.72. The first-order chi connectivity index (χ1) is 6.54. The topological polar surface area (TPSA) is 22.0 Å². The second-order valence-corrected chi connectivity index (χ2v) is 4.00. The summed E-state index contributed by atoms with van der Waals surface area (Å²) < 4.78 is 2.24. The summed E-state index contributed by atoms with van der Waals surface area (Å²) in [7, 11) is 0. The molecule has 0 N–H and O–H groups in total. The number of aldehydes is 1. The lowest BCUT2D eigenvalue weighted by atomic mass is 10.1. The average molecular weight is 193 g/mol. The summed E-state index contributed by atoms with van der Waals surface area (Å²) in [6.45, 7) is 10.5. The Balaban J connectivity index is 3.46. The summed E-state index contributed by atoms with van der Waals surface area (Å²) in [4.78, 5) is 11.0. The molecule has 0 amide bonds. The molecule has 0 spiro atoms.